The molecular formula is C16H24N2OS2. The van der Waals surface area contributed by atoms with E-state index in [1.807, 2.05) is 20.1 Å². The molecule has 1 aromatic heterocycles. The third-order valence-corrected chi connectivity index (χ3v) is 6.52. The van der Waals surface area contributed by atoms with Crippen molar-refractivity contribution < 1.29 is 4.79 Å². The van der Waals surface area contributed by atoms with Crippen molar-refractivity contribution >= 4 is 39.6 Å². The van der Waals surface area contributed by atoms with Gasteiger partial charge in [0.25, 0.3) is 0 Å². The number of hydrogen-bond donors (Lipinski definition) is 2. The Morgan fingerprint density at radius 3 is 2.29 bits per heavy atom. The van der Waals surface area contributed by atoms with Crippen LogP contribution in [0.25, 0.3) is 0 Å². The van der Waals surface area contributed by atoms with Crippen molar-refractivity contribution in [1.29, 1.82) is 0 Å². The molecular weight excluding hydrogens is 300 g/mol. The molecule has 0 aliphatic heterocycles. The summed E-state index contributed by atoms with van der Waals surface area (Å²) in [6, 6.07) is 0.593. The van der Waals surface area contributed by atoms with Gasteiger partial charge >= 0.3 is 0 Å². The Bertz CT molecular complexity index is 533. The van der Waals surface area contributed by atoms with Crippen molar-refractivity contribution in [2.75, 3.05) is 17.3 Å². The third-order valence-electron chi connectivity index (χ3n) is 4.41. The number of carbonyl (C=O) groups excluding carboxylic acids is 1. The predicted molar refractivity (Wildman–Crippen MR) is 92.5 cm³/mol. The molecule has 0 aromatic carbocycles. The maximum absolute atomic E-state index is 12.3. The largest absolute Gasteiger partial charge is 0.396 e. The van der Waals surface area contributed by atoms with Gasteiger partial charge in [-0.05, 0) is 43.8 Å². The lowest BCUT2D eigenvalue weighted by atomic mass is 10.1. The van der Waals surface area contributed by atoms with Gasteiger partial charge < -0.3 is 11.1 Å². The van der Waals surface area contributed by atoms with E-state index in [-0.39, 0.29) is 11.7 Å². The zero-order chi connectivity index (χ0) is 15.1. The summed E-state index contributed by atoms with van der Waals surface area (Å²) in [7, 11) is 0. The molecule has 3 N–H and O–H groups in total. The molecule has 1 aromatic rings. The average molecular weight is 325 g/mol. The first-order valence-corrected chi connectivity index (χ1v) is 9.84. The van der Waals surface area contributed by atoms with Gasteiger partial charge in [0.1, 0.15) is 5.00 Å². The average Bonchev–Trinajstić information content (AvgIpc) is 3.34. The van der Waals surface area contributed by atoms with Crippen LogP contribution in [0.15, 0.2) is 4.90 Å². The van der Waals surface area contributed by atoms with Crippen LogP contribution in [0.2, 0.25) is 0 Å². The van der Waals surface area contributed by atoms with E-state index in [1.165, 1.54) is 25.7 Å². The summed E-state index contributed by atoms with van der Waals surface area (Å²) in [5.41, 5.74) is 6.92. The Hall–Kier alpha value is -0.680. The lowest BCUT2D eigenvalue weighted by molar-refractivity contribution is 0.0944. The fourth-order valence-electron chi connectivity index (χ4n) is 2.85. The summed E-state index contributed by atoms with van der Waals surface area (Å²) in [4.78, 5) is 14.1. The molecule has 2 aliphatic rings. The lowest BCUT2D eigenvalue weighted by Gasteiger charge is -2.18. The molecule has 0 radical (unpaired) electrons. The molecule has 0 atom stereocenters. The van der Waals surface area contributed by atoms with Crippen LogP contribution >= 0.6 is 23.1 Å². The number of rotatable bonds is 7. The molecule has 2 fully saturated rings. The van der Waals surface area contributed by atoms with Crippen LogP contribution in [0.5, 0.6) is 0 Å². The summed E-state index contributed by atoms with van der Waals surface area (Å²) in [5, 5.41) is 4.86. The minimum Gasteiger partial charge on any atom is -0.396 e. The van der Waals surface area contributed by atoms with E-state index in [0.717, 1.165) is 26.6 Å². The molecule has 5 heteroatoms. The SMILES string of the molecule is CSc1c(NC(C2CC2)C2CC2)sc(C(=O)C(C)C)c1N. The van der Waals surface area contributed by atoms with Gasteiger partial charge in [-0.25, -0.2) is 0 Å². The number of nitrogens with one attached hydrogen (secondary N) is 1. The monoisotopic (exact) mass is 324 g/mol. The Balaban J connectivity index is 1.86. The van der Waals surface area contributed by atoms with E-state index in [0.29, 0.717) is 11.7 Å². The normalized spacial score (nSPS) is 18.5. The second-order valence-electron chi connectivity index (χ2n) is 6.57. The molecule has 0 spiro atoms. The quantitative estimate of drug-likeness (QED) is 0.573. The summed E-state index contributed by atoms with van der Waals surface area (Å²) in [5.74, 6) is 1.82. The minimum atomic E-state index is -0.00355. The fraction of sp³-hybridized carbons (Fsp3) is 0.688. The minimum absolute atomic E-state index is 0.00355. The Morgan fingerprint density at radius 2 is 1.86 bits per heavy atom. The molecule has 1 heterocycles. The van der Waals surface area contributed by atoms with Crippen LogP contribution in [-0.4, -0.2) is 18.1 Å². The number of hydrogen-bond acceptors (Lipinski definition) is 5. The number of nitrogen functional groups attached to an aromatic ring is 1. The molecule has 2 aliphatic carbocycles. The highest BCUT2D eigenvalue weighted by atomic mass is 32.2. The standard InChI is InChI=1S/C16H24N2OS2/c1-8(2)13(19)14-11(17)15(20-3)16(21-14)18-12(9-4-5-9)10-6-7-10/h8-10,12,18H,4-7,17H2,1-3H3. The molecule has 0 unspecified atom stereocenters. The number of thioether (sulfide) groups is 1. The van der Waals surface area contributed by atoms with Gasteiger partial charge in [-0.3, -0.25) is 4.79 Å². The molecule has 3 nitrogen and oxygen atoms in total. The highest BCUT2D eigenvalue weighted by Crippen LogP contribution is 2.49. The Labute approximate surface area is 135 Å². The highest BCUT2D eigenvalue weighted by Gasteiger charge is 2.42. The summed E-state index contributed by atoms with van der Waals surface area (Å²) < 4.78 is 0. The molecule has 2 saturated carbocycles. The van der Waals surface area contributed by atoms with E-state index in [4.69, 9.17) is 5.73 Å². The van der Waals surface area contributed by atoms with Crippen LogP contribution in [0.4, 0.5) is 10.7 Å². The van der Waals surface area contributed by atoms with Crippen LogP contribution in [0.1, 0.15) is 49.2 Å². The van der Waals surface area contributed by atoms with Gasteiger partial charge in [0, 0.05) is 12.0 Å². The van der Waals surface area contributed by atoms with Gasteiger partial charge in [0.2, 0.25) is 0 Å². The van der Waals surface area contributed by atoms with Crippen LogP contribution in [-0.2, 0) is 0 Å². The molecule has 0 bridgehead atoms. The van der Waals surface area contributed by atoms with Crippen LogP contribution in [0, 0.1) is 17.8 Å². The molecule has 0 saturated heterocycles. The zero-order valence-corrected chi connectivity index (χ0v) is 14.6. The first kappa shape index (κ1) is 15.2. The Morgan fingerprint density at radius 1 is 1.29 bits per heavy atom. The van der Waals surface area contributed by atoms with Gasteiger partial charge in [-0.15, -0.1) is 23.1 Å². The number of nitrogens with two attached hydrogens (primary N) is 1. The first-order chi connectivity index (χ1) is 10.0. The topological polar surface area (TPSA) is 55.1 Å². The summed E-state index contributed by atoms with van der Waals surface area (Å²) in [6.07, 6.45) is 7.43. The van der Waals surface area contributed by atoms with Gasteiger partial charge in [0.05, 0.1) is 15.5 Å². The molecule has 21 heavy (non-hydrogen) atoms. The first-order valence-electron chi connectivity index (χ1n) is 7.80. The fourth-order valence-corrected chi connectivity index (χ4v) is 5.01. The van der Waals surface area contributed by atoms with E-state index < -0.39 is 0 Å². The number of Topliss-reactive ketones (excluding diaryl/α,β-unsaturated/α-hetero) is 1. The second kappa shape index (κ2) is 5.84. The molecule has 3 rings (SSSR count). The van der Waals surface area contributed by atoms with Gasteiger partial charge in [-0.1, -0.05) is 13.8 Å². The maximum atomic E-state index is 12.3. The van der Waals surface area contributed by atoms with E-state index in [2.05, 4.69) is 5.32 Å². The van der Waals surface area contributed by atoms with Crippen LogP contribution < -0.4 is 11.1 Å². The van der Waals surface area contributed by atoms with Crippen molar-refractivity contribution in [3.05, 3.63) is 4.88 Å². The second-order valence-corrected chi connectivity index (χ2v) is 8.41. The third kappa shape index (κ3) is 3.09. The predicted octanol–water partition coefficient (Wildman–Crippen LogP) is 4.49. The summed E-state index contributed by atoms with van der Waals surface area (Å²) >= 11 is 3.21. The molecule has 116 valence electrons. The smallest absolute Gasteiger partial charge is 0.177 e. The number of carbonyl (C=O) groups is 1. The number of ketones is 1. The van der Waals surface area contributed by atoms with Gasteiger partial charge in [0.15, 0.2) is 5.78 Å². The van der Waals surface area contributed by atoms with Crippen molar-refractivity contribution in [2.24, 2.45) is 17.8 Å². The van der Waals surface area contributed by atoms with Crippen molar-refractivity contribution in [1.82, 2.24) is 0 Å². The number of thiophene rings is 1. The number of anilines is 2. The van der Waals surface area contributed by atoms with E-state index in [9.17, 15) is 4.79 Å². The van der Waals surface area contributed by atoms with E-state index >= 15 is 0 Å². The highest BCUT2D eigenvalue weighted by molar-refractivity contribution is 7.99. The van der Waals surface area contributed by atoms with Crippen LogP contribution in [0.3, 0.4) is 0 Å². The Kier molecular flexibility index (Phi) is 4.23. The molecule has 0 amide bonds. The van der Waals surface area contributed by atoms with Crippen molar-refractivity contribution in [3.63, 3.8) is 0 Å². The lowest BCUT2D eigenvalue weighted by Crippen LogP contribution is -2.23. The zero-order valence-electron chi connectivity index (χ0n) is 12.9. The maximum Gasteiger partial charge on any atom is 0.177 e. The van der Waals surface area contributed by atoms with E-state index in [1.54, 1.807) is 23.1 Å². The van der Waals surface area contributed by atoms with Crippen molar-refractivity contribution in [2.45, 2.75) is 50.5 Å². The van der Waals surface area contributed by atoms with Gasteiger partial charge in [-0.2, -0.15) is 0 Å². The summed E-state index contributed by atoms with van der Waals surface area (Å²) in [6.45, 7) is 3.87. The van der Waals surface area contributed by atoms with Crippen molar-refractivity contribution in [3.8, 4) is 0 Å².